The molecule has 1 saturated carbocycles. The molecule has 1 fully saturated rings. The number of thioether (sulfide) groups is 1. The van der Waals surface area contributed by atoms with Crippen molar-refractivity contribution >= 4 is 21.6 Å². The molecule has 5 heteroatoms. The number of rotatable bonds is 4. The summed E-state index contributed by atoms with van der Waals surface area (Å²) >= 11 is 1.72. The summed E-state index contributed by atoms with van der Waals surface area (Å²) in [6.07, 6.45) is 3.54. The van der Waals surface area contributed by atoms with Crippen LogP contribution in [0.15, 0.2) is 0 Å². The summed E-state index contributed by atoms with van der Waals surface area (Å²) in [5.41, 5.74) is 6.35. The largest absolute Gasteiger partial charge is 0.326 e. The molecule has 0 saturated heterocycles. The third-order valence-electron chi connectivity index (χ3n) is 3.16. The molecule has 0 aromatic rings. The van der Waals surface area contributed by atoms with Crippen molar-refractivity contribution in [3.63, 3.8) is 0 Å². The molecule has 90 valence electrons. The molecule has 2 N–H and O–H groups in total. The third-order valence-corrected chi connectivity index (χ3v) is 5.76. The van der Waals surface area contributed by atoms with E-state index in [4.69, 9.17) is 5.73 Å². The second-order valence-corrected chi connectivity index (χ2v) is 8.70. The van der Waals surface area contributed by atoms with Crippen molar-refractivity contribution in [1.29, 1.82) is 0 Å². The second kappa shape index (κ2) is 4.63. The van der Waals surface area contributed by atoms with Crippen molar-refractivity contribution in [3.8, 4) is 0 Å². The van der Waals surface area contributed by atoms with Gasteiger partial charge in [0.1, 0.15) is 9.84 Å². The second-order valence-electron chi connectivity index (χ2n) is 5.09. The summed E-state index contributed by atoms with van der Waals surface area (Å²) in [4.78, 5) is 0. The Labute approximate surface area is 97.1 Å². The lowest BCUT2D eigenvalue weighted by Crippen LogP contribution is -2.38. The molecule has 1 aliphatic rings. The number of sulfone groups is 1. The maximum atomic E-state index is 11.0. The third kappa shape index (κ3) is 3.96. The van der Waals surface area contributed by atoms with Gasteiger partial charge >= 0.3 is 0 Å². The highest BCUT2D eigenvalue weighted by atomic mass is 32.2. The molecule has 15 heavy (non-hydrogen) atoms. The lowest BCUT2D eigenvalue weighted by molar-refractivity contribution is 0.334. The van der Waals surface area contributed by atoms with Crippen molar-refractivity contribution in [2.45, 2.75) is 38.0 Å². The predicted octanol–water partition coefficient (Wildman–Crippen LogP) is 1.28. The fraction of sp³-hybridized carbons (Fsp3) is 1.00. The van der Waals surface area contributed by atoms with Gasteiger partial charge in [0.05, 0.1) is 5.75 Å². The maximum Gasteiger partial charge on any atom is 0.148 e. The van der Waals surface area contributed by atoms with Gasteiger partial charge in [0.15, 0.2) is 0 Å². The number of nitrogens with two attached hydrogens (primary N) is 1. The van der Waals surface area contributed by atoms with Crippen LogP contribution in [0.3, 0.4) is 0 Å². The van der Waals surface area contributed by atoms with Crippen LogP contribution in [0.5, 0.6) is 0 Å². The maximum absolute atomic E-state index is 11.0. The van der Waals surface area contributed by atoms with Gasteiger partial charge in [-0.3, -0.25) is 0 Å². The van der Waals surface area contributed by atoms with Crippen molar-refractivity contribution in [1.82, 2.24) is 0 Å². The molecule has 1 aliphatic carbocycles. The number of hydrogen-bond donors (Lipinski definition) is 1. The van der Waals surface area contributed by atoms with Gasteiger partial charge in [-0.05, 0) is 18.3 Å². The first-order valence-electron chi connectivity index (χ1n) is 5.27. The Hall–Kier alpha value is 0.260. The van der Waals surface area contributed by atoms with E-state index in [2.05, 4.69) is 13.8 Å². The highest BCUT2D eigenvalue weighted by molar-refractivity contribution is 8.01. The molecule has 0 radical (unpaired) electrons. The van der Waals surface area contributed by atoms with Crippen molar-refractivity contribution in [3.05, 3.63) is 0 Å². The first-order valence-corrected chi connectivity index (χ1v) is 8.38. The summed E-state index contributed by atoms with van der Waals surface area (Å²) in [5, 5.41) is 0.432. The van der Waals surface area contributed by atoms with Crippen molar-refractivity contribution < 1.29 is 8.42 Å². The van der Waals surface area contributed by atoms with Gasteiger partial charge in [-0.15, -0.1) is 0 Å². The summed E-state index contributed by atoms with van der Waals surface area (Å²) in [6.45, 7) is 4.38. The van der Waals surface area contributed by atoms with E-state index in [0.29, 0.717) is 11.0 Å². The Morgan fingerprint density at radius 1 is 1.47 bits per heavy atom. The summed E-state index contributed by atoms with van der Waals surface area (Å²) in [6, 6.07) is 0.196. The zero-order valence-electron chi connectivity index (χ0n) is 9.69. The number of hydrogen-bond acceptors (Lipinski definition) is 4. The molecule has 0 heterocycles. The Morgan fingerprint density at radius 3 is 2.47 bits per heavy atom. The molecular weight excluding hydrogens is 230 g/mol. The summed E-state index contributed by atoms with van der Waals surface area (Å²) < 4.78 is 21.9. The summed E-state index contributed by atoms with van der Waals surface area (Å²) in [7, 11) is -2.82. The minimum Gasteiger partial charge on any atom is -0.326 e. The molecule has 0 aromatic carbocycles. The van der Waals surface area contributed by atoms with Crippen LogP contribution in [-0.2, 0) is 9.84 Å². The van der Waals surface area contributed by atoms with E-state index in [1.54, 1.807) is 11.8 Å². The van der Waals surface area contributed by atoms with Crippen LogP contribution >= 0.6 is 11.8 Å². The zero-order chi connectivity index (χ0) is 11.7. The average Bonchev–Trinajstić information content (AvgIpc) is 2.29. The SMILES string of the molecule is CC1(C)CCC(SCCS(C)(=O)=O)C1N. The highest BCUT2D eigenvalue weighted by Gasteiger charge is 2.39. The van der Waals surface area contributed by atoms with E-state index in [1.807, 2.05) is 0 Å². The van der Waals surface area contributed by atoms with Crippen LogP contribution in [-0.4, -0.2) is 37.5 Å². The minimum absolute atomic E-state index is 0.196. The molecule has 2 unspecified atom stereocenters. The molecule has 1 rings (SSSR count). The first-order chi connectivity index (χ1) is 6.72. The predicted molar refractivity (Wildman–Crippen MR) is 66.9 cm³/mol. The fourth-order valence-corrected chi connectivity index (χ4v) is 4.66. The van der Waals surface area contributed by atoms with Crippen LogP contribution in [0.4, 0.5) is 0 Å². The monoisotopic (exact) mass is 251 g/mol. The van der Waals surface area contributed by atoms with Crippen molar-refractivity contribution in [2.24, 2.45) is 11.1 Å². The van der Waals surface area contributed by atoms with E-state index in [9.17, 15) is 8.42 Å². The van der Waals surface area contributed by atoms with Crippen LogP contribution in [0.1, 0.15) is 26.7 Å². The lowest BCUT2D eigenvalue weighted by Gasteiger charge is -2.26. The Kier molecular flexibility index (Phi) is 4.12. The molecule has 2 atom stereocenters. The van der Waals surface area contributed by atoms with E-state index >= 15 is 0 Å². The standard InChI is InChI=1S/C10H21NO2S2/c1-10(2)5-4-8(9(10)11)14-6-7-15(3,12)13/h8-9H,4-7,11H2,1-3H3. The van der Waals surface area contributed by atoms with Crippen LogP contribution in [0, 0.1) is 5.41 Å². The Balaban J connectivity index is 2.36. The van der Waals surface area contributed by atoms with Gasteiger partial charge in [0.2, 0.25) is 0 Å². The average molecular weight is 251 g/mol. The van der Waals surface area contributed by atoms with Gasteiger partial charge in [-0.2, -0.15) is 11.8 Å². The molecule has 0 bridgehead atoms. The van der Waals surface area contributed by atoms with Gasteiger partial charge in [0.25, 0.3) is 0 Å². The van der Waals surface area contributed by atoms with Gasteiger partial charge in [0, 0.05) is 23.3 Å². The smallest absolute Gasteiger partial charge is 0.148 e. The van der Waals surface area contributed by atoms with E-state index in [0.717, 1.165) is 12.8 Å². The van der Waals surface area contributed by atoms with Crippen molar-refractivity contribution in [2.75, 3.05) is 17.8 Å². The normalized spacial score (nSPS) is 30.7. The minimum atomic E-state index is -2.82. The van der Waals surface area contributed by atoms with Gasteiger partial charge in [-0.1, -0.05) is 13.8 Å². The molecule has 0 aromatic heterocycles. The fourth-order valence-electron chi connectivity index (χ4n) is 1.90. The molecule has 0 aliphatic heterocycles. The molecule has 0 spiro atoms. The topological polar surface area (TPSA) is 60.2 Å². The highest BCUT2D eigenvalue weighted by Crippen LogP contribution is 2.41. The molecule has 0 amide bonds. The van der Waals surface area contributed by atoms with Gasteiger partial charge < -0.3 is 5.73 Å². The molecular formula is C10H21NO2S2. The van der Waals surface area contributed by atoms with Gasteiger partial charge in [-0.25, -0.2) is 8.42 Å². The zero-order valence-corrected chi connectivity index (χ0v) is 11.3. The van der Waals surface area contributed by atoms with Crippen LogP contribution < -0.4 is 5.73 Å². The quantitative estimate of drug-likeness (QED) is 0.817. The summed E-state index contributed by atoms with van der Waals surface area (Å²) in [5.74, 6) is 0.939. The molecule has 3 nitrogen and oxygen atoms in total. The first kappa shape index (κ1) is 13.3. The van der Waals surface area contributed by atoms with E-state index < -0.39 is 9.84 Å². The Morgan fingerprint density at radius 2 is 2.07 bits per heavy atom. The van der Waals surface area contributed by atoms with E-state index in [-0.39, 0.29) is 17.2 Å². The van der Waals surface area contributed by atoms with Crippen LogP contribution in [0.25, 0.3) is 0 Å². The lowest BCUT2D eigenvalue weighted by atomic mass is 9.88. The van der Waals surface area contributed by atoms with E-state index in [1.165, 1.54) is 6.26 Å². The van der Waals surface area contributed by atoms with Crippen LogP contribution in [0.2, 0.25) is 0 Å². The Bertz CT molecular complexity index is 311.